The molecule has 3 N–H and O–H groups in total. The van der Waals surface area contributed by atoms with Crippen LogP contribution in [0.3, 0.4) is 0 Å². The molecule has 0 heterocycles. The molecule has 0 bridgehead atoms. The molecule has 2 rings (SSSR count). The molecule has 0 aliphatic rings. The molecule has 6 nitrogen and oxygen atoms in total. The minimum atomic E-state index is -0.340. The molecule has 0 aromatic heterocycles. The summed E-state index contributed by atoms with van der Waals surface area (Å²) in [5.41, 5.74) is 9.70. The van der Waals surface area contributed by atoms with Crippen molar-refractivity contribution in [3.05, 3.63) is 64.7 Å². The van der Waals surface area contributed by atoms with Crippen molar-refractivity contribution in [2.24, 2.45) is 0 Å². The van der Waals surface area contributed by atoms with E-state index in [4.69, 9.17) is 0 Å². The van der Waals surface area contributed by atoms with E-state index in [0.717, 1.165) is 29.9 Å². The van der Waals surface area contributed by atoms with Crippen molar-refractivity contribution in [2.45, 2.75) is 47.2 Å². The summed E-state index contributed by atoms with van der Waals surface area (Å²) in [6, 6.07) is 13.9. The molecule has 156 valence electrons. The van der Waals surface area contributed by atoms with E-state index in [-0.39, 0.29) is 18.4 Å². The molecule has 0 fully saturated rings. The number of amides is 2. The Balaban J connectivity index is 1.81. The molecule has 2 amide bonds. The zero-order valence-corrected chi connectivity index (χ0v) is 18.0. The highest BCUT2D eigenvalue weighted by Gasteiger charge is 2.10. The number of benzene rings is 2. The zero-order valence-electron chi connectivity index (χ0n) is 18.0. The van der Waals surface area contributed by atoms with Crippen LogP contribution in [0.5, 0.6) is 0 Å². The predicted molar refractivity (Wildman–Crippen MR) is 118 cm³/mol. The normalized spacial score (nSPS) is 10.9. The lowest BCUT2D eigenvalue weighted by Gasteiger charge is -2.24. The molecule has 0 saturated carbocycles. The summed E-state index contributed by atoms with van der Waals surface area (Å²) < 4.78 is 0. The molecule has 29 heavy (non-hydrogen) atoms. The van der Waals surface area contributed by atoms with Crippen LogP contribution in [0.4, 0.5) is 5.69 Å². The van der Waals surface area contributed by atoms with Crippen molar-refractivity contribution in [2.75, 3.05) is 18.4 Å². The largest absolute Gasteiger partial charge is 0.376 e. The van der Waals surface area contributed by atoms with Crippen LogP contribution in [0.2, 0.25) is 0 Å². The average Bonchev–Trinajstić information content (AvgIpc) is 2.69. The Labute approximate surface area is 173 Å². The van der Waals surface area contributed by atoms with Gasteiger partial charge in [0.15, 0.2) is 0 Å². The highest BCUT2D eigenvalue weighted by atomic mass is 16.2. The number of aryl methyl sites for hydroxylation is 2. The van der Waals surface area contributed by atoms with Crippen LogP contribution in [0, 0.1) is 13.8 Å². The maximum absolute atomic E-state index is 12.3. The van der Waals surface area contributed by atoms with Crippen molar-refractivity contribution < 1.29 is 9.59 Å². The summed E-state index contributed by atoms with van der Waals surface area (Å²) >= 11 is 0. The molecule has 0 spiro atoms. The number of nitrogens with zero attached hydrogens (tertiary/aromatic N) is 1. The maximum atomic E-state index is 12.3. The van der Waals surface area contributed by atoms with Crippen molar-refractivity contribution >= 4 is 17.5 Å². The van der Waals surface area contributed by atoms with E-state index in [0.29, 0.717) is 11.6 Å². The Morgan fingerprint density at radius 2 is 1.69 bits per heavy atom. The van der Waals surface area contributed by atoms with E-state index in [2.05, 4.69) is 41.8 Å². The Hall–Kier alpha value is -2.86. The summed E-state index contributed by atoms with van der Waals surface area (Å²) in [6.45, 7) is 12.4. The van der Waals surface area contributed by atoms with Crippen molar-refractivity contribution in [3.63, 3.8) is 0 Å². The number of hydrogen-bond acceptors (Lipinski definition) is 4. The average molecular weight is 397 g/mol. The van der Waals surface area contributed by atoms with Gasteiger partial charge in [0.05, 0.1) is 6.54 Å². The summed E-state index contributed by atoms with van der Waals surface area (Å²) in [4.78, 5) is 26.6. The van der Waals surface area contributed by atoms with Gasteiger partial charge >= 0.3 is 0 Å². The molecule has 6 heteroatoms. The van der Waals surface area contributed by atoms with Gasteiger partial charge in [-0.2, -0.15) is 0 Å². The molecule has 0 radical (unpaired) electrons. The number of anilines is 1. The topological polar surface area (TPSA) is 73.5 Å². The van der Waals surface area contributed by atoms with Crippen LogP contribution in [-0.2, 0) is 11.3 Å². The van der Waals surface area contributed by atoms with Gasteiger partial charge in [0, 0.05) is 23.8 Å². The SMILES string of the molecule is CCN(Cc1ccc(C(=O)NNC(=O)CNc2ccc(C)cc2C)cc1)C(C)C. The third kappa shape index (κ3) is 6.91. The van der Waals surface area contributed by atoms with Gasteiger partial charge in [0.25, 0.3) is 11.8 Å². The van der Waals surface area contributed by atoms with E-state index in [1.165, 1.54) is 5.56 Å². The van der Waals surface area contributed by atoms with E-state index < -0.39 is 0 Å². The van der Waals surface area contributed by atoms with E-state index in [9.17, 15) is 9.59 Å². The fraction of sp³-hybridized carbons (Fsp3) is 0.391. The third-order valence-electron chi connectivity index (χ3n) is 4.88. The standard InChI is InChI=1S/C23H32N4O2/c1-6-27(16(2)3)15-19-8-10-20(11-9-19)23(29)26-25-22(28)14-24-21-12-7-17(4)13-18(21)5/h7-13,16,24H,6,14-15H2,1-5H3,(H,25,28)(H,26,29). The first-order valence-corrected chi connectivity index (χ1v) is 10.0. The fourth-order valence-electron chi connectivity index (χ4n) is 3.09. The van der Waals surface area contributed by atoms with E-state index >= 15 is 0 Å². The van der Waals surface area contributed by atoms with Gasteiger partial charge in [-0.3, -0.25) is 25.3 Å². The van der Waals surface area contributed by atoms with Crippen LogP contribution in [0.25, 0.3) is 0 Å². The Bertz CT molecular complexity index is 831. The lowest BCUT2D eigenvalue weighted by molar-refractivity contribution is -0.120. The van der Waals surface area contributed by atoms with Crippen LogP contribution >= 0.6 is 0 Å². The minimum absolute atomic E-state index is 0.0746. The summed E-state index contributed by atoms with van der Waals surface area (Å²) in [5, 5.41) is 3.08. The Morgan fingerprint density at radius 1 is 1.00 bits per heavy atom. The lowest BCUT2D eigenvalue weighted by atomic mass is 10.1. The van der Waals surface area contributed by atoms with Gasteiger partial charge in [-0.25, -0.2) is 0 Å². The predicted octanol–water partition coefficient (Wildman–Crippen LogP) is 3.41. The van der Waals surface area contributed by atoms with Gasteiger partial charge in [0.1, 0.15) is 0 Å². The number of carbonyl (C=O) groups excluding carboxylic acids is 2. The van der Waals surface area contributed by atoms with Crippen molar-refractivity contribution in [3.8, 4) is 0 Å². The van der Waals surface area contributed by atoms with Crippen molar-refractivity contribution in [1.82, 2.24) is 15.8 Å². The Morgan fingerprint density at radius 3 is 2.28 bits per heavy atom. The molecule has 0 aliphatic heterocycles. The quantitative estimate of drug-likeness (QED) is 0.598. The highest BCUT2D eigenvalue weighted by molar-refractivity contribution is 5.95. The van der Waals surface area contributed by atoms with Crippen LogP contribution in [-0.4, -0.2) is 35.8 Å². The molecular weight excluding hydrogens is 364 g/mol. The summed E-state index contributed by atoms with van der Waals surface area (Å²) in [6.07, 6.45) is 0. The molecule has 2 aromatic rings. The van der Waals surface area contributed by atoms with Gasteiger partial charge < -0.3 is 5.32 Å². The van der Waals surface area contributed by atoms with Gasteiger partial charge in [-0.05, 0) is 63.6 Å². The summed E-state index contributed by atoms with van der Waals surface area (Å²) in [7, 11) is 0. The van der Waals surface area contributed by atoms with E-state index in [1.54, 1.807) is 12.1 Å². The second kappa shape index (κ2) is 10.6. The lowest BCUT2D eigenvalue weighted by Crippen LogP contribution is -2.44. The number of hydrogen-bond donors (Lipinski definition) is 3. The smallest absolute Gasteiger partial charge is 0.269 e. The monoisotopic (exact) mass is 396 g/mol. The van der Waals surface area contributed by atoms with Crippen LogP contribution < -0.4 is 16.2 Å². The first-order chi connectivity index (χ1) is 13.8. The molecule has 0 saturated heterocycles. The number of carbonyl (C=O) groups is 2. The van der Waals surface area contributed by atoms with E-state index in [1.807, 2.05) is 44.2 Å². The second-order valence-electron chi connectivity index (χ2n) is 7.53. The van der Waals surface area contributed by atoms with Crippen molar-refractivity contribution in [1.29, 1.82) is 0 Å². The molecule has 2 aromatic carbocycles. The summed E-state index contributed by atoms with van der Waals surface area (Å²) in [5.74, 6) is -0.655. The molecule has 0 atom stereocenters. The number of nitrogens with one attached hydrogen (secondary N) is 3. The first kappa shape index (κ1) is 22.4. The zero-order chi connectivity index (χ0) is 21.4. The minimum Gasteiger partial charge on any atom is -0.376 e. The molecular formula is C23H32N4O2. The second-order valence-corrected chi connectivity index (χ2v) is 7.53. The highest BCUT2D eigenvalue weighted by Crippen LogP contribution is 2.15. The van der Waals surface area contributed by atoms with Gasteiger partial charge in [-0.15, -0.1) is 0 Å². The van der Waals surface area contributed by atoms with Crippen LogP contribution in [0.15, 0.2) is 42.5 Å². The Kier molecular flexibility index (Phi) is 8.21. The van der Waals surface area contributed by atoms with Gasteiger partial charge in [-0.1, -0.05) is 36.8 Å². The van der Waals surface area contributed by atoms with Gasteiger partial charge in [0.2, 0.25) is 0 Å². The first-order valence-electron chi connectivity index (χ1n) is 10.0. The fourth-order valence-corrected chi connectivity index (χ4v) is 3.09. The number of hydrazine groups is 1. The van der Waals surface area contributed by atoms with Crippen LogP contribution in [0.1, 0.15) is 47.8 Å². The number of rotatable bonds is 8. The maximum Gasteiger partial charge on any atom is 0.269 e. The third-order valence-corrected chi connectivity index (χ3v) is 4.88. The molecule has 0 aliphatic carbocycles. The molecule has 0 unspecified atom stereocenters.